The third-order valence-electron chi connectivity index (χ3n) is 5.56. The molecule has 5 nitrogen and oxygen atoms in total. The fourth-order valence-corrected chi connectivity index (χ4v) is 4.74. The maximum atomic E-state index is 13.2. The molecule has 3 fully saturated rings. The van der Waals surface area contributed by atoms with Crippen LogP contribution < -0.4 is 0 Å². The Morgan fingerprint density at radius 1 is 1.04 bits per heavy atom. The van der Waals surface area contributed by atoms with Crippen molar-refractivity contribution >= 4 is 29.3 Å². The van der Waals surface area contributed by atoms with Crippen LogP contribution in [0.5, 0.6) is 0 Å². The van der Waals surface area contributed by atoms with Gasteiger partial charge in [-0.2, -0.15) is 0 Å². The molecule has 3 heterocycles. The largest absolute Gasteiger partial charge is 0.332 e. The van der Waals surface area contributed by atoms with Crippen molar-refractivity contribution in [1.82, 2.24) is 9.80 Å². The number of halogens is 2. The average molecular weight is 365 g/mol. The molecule has 1 aromatic rings. The topological polar surface area (TPSA) is 57.7 Å². The number of rotatable bonds is 2. The van der Waals surface area contributed by atoms with Crippen molar-refractivity contribution in [2.75, 3.05) is 0 Å². The summed E-state index contributed by atoms with van der Waals surface area (Å²) >= 11 is 6.04. The molecular weight excluding hydrogens is 347 g/mol. The first-order valence-electron chi connectivity index (χ1n) is 8.58. The fourth-order valence-electron chi connectivity index (χ4n) is 4.49. The molecular formula is C18H18ClFN2O3. The maximum Gasteiger partial charge on any atom is 0.255 e. The molecule has 0 N–H and O–H groups in total. The van der Waals surface area contributed by atoms with Gasteiger partial charge in [0.05, 0.1) is 10.6 Å². The first-order chi connectivity index (χ1) is 12.0. The van der Waals surface area contributed by atoms with E-state index >= 15 is 0 Å². The lowest BCUT2D eigenvalue weighted by molar-refractivity contribution is -0.142. The molecule has 3 aliphatic rings. The van der Waals surface area contributed by atoms with Gasteiger partial charge in [-0.3, -0.25) is 19.3 Å². The van der Waals surface area contributed by atoms with Crippen molar-refractivity contribution in [3.8, 4) is 0 Å². The van der Waals surface area contributed by atoms with Gasteiger partial charge in [0, 0.05) is 31.0 Å². The third-order valence-corrected chi connectivity index (χ3v) is 5.87. The van der Waals surface area contributed by atoms with Crippen molar-refractivity contribution in [2.24, 2.45) is 0 Å². The number of carbonyl (C=O) groups excluding carboxylic acids is 3. The first-order valence-corrected chi connectivity index (χ1v) is 8.96. The van der Waals surface area contributed by atoms with Crippen LogP contribution in [0, 0.1) is 5.82 Å². The van der Waals surface area contributed by atoms with Crippen LogP contribution in [0.2, 0.25) is 5.02 Å². The highest BCUT2D eigenvalue weighted by molar-refractivity contribution is 6.33. The highest BCUT2D eigenvalue weighted by Gasteiger charge is 2.48. The number of likely N-dealkylation sites (tertiary alicyclic amines) is 1. The number of amides is 3. The van der Waals surface area contributed by atoms with E-state index in [1.807, 2.05) is 4.90 Å². The predicted octanol–water partition coefficient (Wildman–Crippen LogP) is 2.76. The van der Waals surface area contributed by atoms with Gasteiger partial charge >= 0.3 is 0 Å². The van der Waals surface area contributed by atoms with Crippen molar-refractivity contribution in [2.45, 2.75) is 56.7 Å². The Kier molecular flexibility index (Phi) is 4.02. The number of fused-ring (bicyclic) bond motifs is 2. The van der Waals surface area contributed by atoms with E-state index in [1.165, 1.54) is 17.0 Å². The number of benzene rings is 1. The second kappa shape index (κ2) is 6.09. The molecule has 3 amide bonds. The predicted molar refractivity (Wildman–Crippen MR) is 88.5 cm³/mol. The fraction of sp³-hybridized carbons (Fsp3) is 0.500. The van der Waals surface area contributed by atoms with Crippen LogP contribution in [0.25, 0.3) is 0 Å². The molecule has 1 aromatic carbocycles. The Hall–Kier alpha value is -1.95. The van der Waals surface area contributed by atoms with Gasteiger partial charge in [-0.25, -0.2) is 4.39 Å². The lowest BCUT2D eigenvalue weighted by atomic mass is 9.95. The molecule has 4 rings (SSSR count). The number of imide groups is 1. The number of nitrogens with zero attached hydrogens (tertiary/aromatic N) is 2. The normalized spacial score (nSPS) is 28.8. The molecule has 2 atom stereocenters. The second-order valence-electron chi connectivity index (χ2n) is 7.00. The average Bonchev–Trinajstić information content (AvgIpc) is 3.03. The SMILES string of the molecule is O=C1CCC(=O)N1C1CC2CCC(C1)N2C(=O)c1ccc(F)cc1Cl. The summed E-state index contributed by atoms with van der Waals surface area (Å²) < 4.78 is 13.2. The Morgan fingerprint density at radius 3 is 2.20 bits per heavy atom. The molecule has 132 valence electrons. The summed E-state index contributed by atoms with van der Waals surface area (Å²) in [5.41, 5.74) is 0.298. The summed E-state index contributed by atoms with van der Waals surface area (Å²) in [6.45, 7) is 0. The van der Waals surface area contributed by atoms with E-state index in [9.17, 15) is 18.8 Å². The minimum absolute atomic E-state index is 0.0152. The molecule has 0 saturated carbocycles. The van der Waals surface area contributed by atoms with Crippen LogP contribution >= 0.6 is 11.6 Å². The van der Waals surface area contributed by atoms with E-state index < -0.39 is 5.82 Å². The summed E-state index contributed by atoms with van der Waals surface area (Å²) in [4.78, 5) is 40.2. The smallest absolute Gasteiger partial charge is 0.255 e. The highest BCUT2D eigenvalue weighted by Crippen LogP contribution is 2.40. The molecule has 0 spiro atoms. The van der Waals surface area contributed by atoms with Gasteiger partial charge in [0.2, 0.25) is 11.8 Å². The van der Waals surface area contributed by atoms with Gasteiger partial charge in [0.25, 0.3) is 5.91 Å². The molecule has 3 aliphatic heterocycles. The molecule has 2 unspecified atom stereocenters. The van der Waals surface area contributed by atoms with Crippen molar-refractivity contribution in [3.63, 3.8) is 0 Å². The van der Waals surface area contributed by atoms with E-state index in [0.717, 1.165) is 18.9 Å². The number of hydrogen-bond donors (Lipinski definition) is 0. The van der Waals surface area contributed by atoms with E-state index in [4.69, 9.17) is 11.6 Å². The molecule has 0 aromatic heterocycles. The summed E-state index contributed by atoms with van der Waals surface area (Å²) in [5.74, 6) is -0.879. The molecule has 25 heavy (non-hydrogen) atoms. The molecule has 0 radical (unpaired) electrons. The highest BCUT2D eigenvalue weighted by atomic mass is 35.5. The lowest BCUT2D eigenvalue weighted by Crippen LogP contribution is -2.53. The summed E-state index contributed by atoms with van der Waals surface area (Å²) in [6.07, 6.45) is 3.50. The van der Waals surface area contributed by atoms with Crippen LogP contribution in [-0.4, -0.2) is 45.6 Å². The minimum atomic E-state index is -0.478. The molecule has 0 aliphatic carbocycles. The van der Waals surface area contributed by atoms with Crippen LogP contribution in [-0.2, 0) is 9.59 Å². The zero-order valence-corrected chi connectivity index (χ0v) is 14.3. The Balaban J connectivity index is 1.55. The quantitative estimate of drug-likeness (QED) is 0.758. The lowest BCUT2D eigenvalue weighted by Gasteiger charge is -2.41. The van der Waals surface area contributed by atoms with Gasteiger partial charge < -0.3 is 4.90 Å². The molecule has 7 heteroatoms. The Morgan fingerprint density at radius 2 is 1.64 bits per heavy atom. The van der Waals surface area contributed by atoms with Crippen LogP contribution in [0.15, 0.2) is 18.2 Å². The molecule has 2 bridgehead atoms. The Bertz CT molecular complexity index is 739. The molecule has 3 saturated heterocycles. The number of carbonyl (C=O) groups is 3. The summed E-state index contributed by atoms with van der Waals surface area (Å²) in [6, 6.07) is 3.64. The zero-order chi connectivity index (χ0) is 17.7. The van der Waals surface area contributed by atoms with Gasteiger partial charge in [0.15, 0.2) is 0 Å². The van der Waals surface area contributed by atoms with Crippen LogP contribution in [0.1, 0.15) is 48.9 Å². The zero-order valence-electron chi connectivity index (χ0n) is 13.6. The van der Waals surface area contributed by atoms with Gasteiger partial charge in [-0.05, 0) is 43.9 Å². The van der Waals surface area contributed by atoms with E-state index in [1.54, 1.807) is 0 Å². The van der Waals surface area contributed by atoms with Crippen molar-refractivity contribution in [3.05, 3.63) is 34.6 Å². The minimum Gasteiger partial charge on any atom is -0.332 e. The van der Waals surface area contributed by atoms with Gasteiger partial charge in [-0.15, -0.1) is 0 Å². The first kappa shape index (κ1) is 16.5. The van der Waals surface area contributed by atoms with Crippen LogP contribution in [0.3, 0.4) is 0 Å². The van der Waals surface area contributed by atoms with Crippen molar-refractivity contribution < 1.29 is 18.8 Å². The van der Waals surface area contributed by atoms with Gasteiger partial charge in [0.1, 0.15) is 5.82 Å². The van der Waals surface area contributed by atoms with Gasteiger partial charge in [-0.1, -0.05) is 11.6 Å². The number of piperidine rings is 1. The van der Waals surface area contributed by atoms with E-state index in [0.29, 0.717) is 31.2 Å². The maximum absolute atomic E-state index is 13.2. The van der Waals surface area contributed by atoms with Crippen LogP contribution in [0.4, 0.5) is 4.39 Å². The Labute approximate surface area is 149 Å². The van der Waals surface area contributed by atoms with Crippen molar-refractivity contribution in [1.29, 1.82) is 0 Å². The van der Waals surface area contributed by atoms with E-state index in [2.05, 4.69) is 0 Å². The summed E-state index contributed by atoms with van der Waals surface area (Å²) in [7, 11) is 0. The monoisotopic (exact) mass is 364 g/mol. The third kappa shape index (κ3) is 2.72. The second-order valence-corrected chi connectivity index (χ2v) is 7.41. The van der Waals surface area contributed by atoms with E-state index in [-0.39, 0.29) is 40.9 Å². The summed E-state index contributed by atoms with van der Waals surface area (Å²) in [5, 5.41) is 0.108. The standard InChI is InChI=1S/C18H18ClFN2O3/c19-15-7-10(20)1-4-14(15)18(25)21-11-2-3-12(21)9-13(8-11)22-16(23)5-6-17(22)24/h1,4,7,11-13H,2-3,5-6,8-9H2. The number of hydrogen-bond acceptors (Lipinski definition) is 3.